The van der Waals surface area contributed by atoms with Crippen LogP contribution >= 0.6 is 0 Å². The molecule has 1 aliphatic heterocycles. The number of hydrogen-bond donors (Lipinski definition) is 2. The van der Waals surface area contributed by atoms with E-state index in [2.05, 4.69) is 15.5 Å². The van der Waals surface area contributed by atoms with Gasteiger partial charge in [0.1, 0.15) is 17.7 Å². The van der Waals surface area contributed by atoms with Crippen LogP contribution < -0.4 is 11.1 Å². The number of primary amides is 1. The van der Waals surface area contributed by atoms with E-state index >= 15 is 0 Å². The first-order valence-corrected chi connectivity index (χ1v) is 8.54. The zero-order valence-electron chi connectivity index (χ0n) is 15.9. The molecule has 0 aliphatic carbocycles. The van der Waals surface area contributed by atoms with Crippen LogP contribution in [0.4, 0.5) is 4.79 Å². The van der Waals surface area contributed by atoms with E-state index in [-0.39, 0.29) is 18.3 Å². The summed E-state index contributed by atoms with van der Waals surface area (Å²) in [7, 11) is 1.37. The number of likely N-dealkylation sites (tertiary alicyclic amines) is 1. The van der Waals surface area contributed by atoms with Gasteiger partial charge in [-0.05, 0) is 33.6 Å². The van der Waals surface area contributed by atoms with Gasteiger partial charge in [-0.1, -0.05) is 5.16 Å². The molecule has 1 aliphatic rings. The fourth-order valence-electron chi connectivity index (χ4n) is 2.61. The molecule has 3 amide bonds. The number of amides is 3. The van der Waals surface area contributed by atoms with E-state index in [9.17, 15) is 14.4 Å². The third-order valence-corrected chi connectivity index (χ3v) is 3.79. The second-order valence-electron chi connectivity index (χ2n) is 7.17. The van der Waals surface area contributed by atoms with Gasteiger partial charge in [-0.25, -0.2) is 4.79 Å². The number of aromatic nitrogens is 2. The predicted octanol–water partition coefficient (Wildman–Crippen LogP) is 0.372. The summed E-state index contributed by atoms with van der Waals surface area (Å²) in [5.74, 6) is -1.61. The molecule has 11 heteroatoms. The van der Waals surface area contributed by atoms with Gasteiger partial charge in [-0.2, -0.15) is 4.98 Å². The van der Waals surface area contributed by atoms with E-state index in [0.717, 1.165) is 6.42 Å². The number of carbonyl (C=O) groups excluding carboxylic acids is 3. The van der Waals surface area contributed by atoms with Gasteiger partial charge in [-0.15, -0.1) is 0 Å². The largest absolute Gasteiger partial charge is 0.444 e. The fourth-order valence-corrected chi connectivity index (χ4v) is 2.61. The molecule has 3 N–H and O–H groups in total. The van der Waals surface area contributed by atoms with Crippen LogP contribution in [0.15, 0.2) is 4.52 Å². The number of ether oxygens (including phenoxy) is 2. The Morgan fingerprint density at radius 2 is 2.11 bits per heavy atom. The van der Waals surface area contributed by atoms with Gasteiger partial charge >= 0.3 is 6.09 Å². The standard InChI is InChI=1S/C16H25N5O6/c1-16(2,3)26-15(24)21-7-5-6-10(21)14-19-12(20-27-14)13(23)18-9(8-25-4)11(17)22/h9-10H,5-8H2,1-4H3,(H2,17,22)(H,18,23)/t9-,10-/m1/s1. The molecule has 150 valence electrons. The summed E-state index contributed by atoms with van der Waals surface area (Å²) in [6, 6.07) is -1.49. The van der Waals surface area contributed by atoms with Crippen LogP contribution in [0.3, 0.4) is 0 Å². The van der Waals surface area contributed by atoms with Gasteiger partial charge in [0.2, 0.25) is 11.8 Å². The highest BCUT2D eigenvalue weighted by Gasteiger charge is 2.37. The molecule has 0 aromatic carbocycles. The van der Waals surface area contributed by atoms with Crippen molar-refractivity contribution in [1.29, 1.82) is 0 Å². The lowest BCUT2D eigenvalue weighted by atomic mass is 10.2. The minimum atomic E-state index is -1.02. The van der Waals surface area contributed by atoms with Crippen LogP contribution in [0.5, 0.6) is 0 Å². The highest BCUT2D eigenvalue weighted by molar-refractivity contribution is 5.94. The maximum Gasteiger partial charge on any atom is 0.410 e. The van der Waals surface area contributed by atoms with Crippen LogP contribution in [0.2, 0.25) is 0 Å². The van der Waals surface area contributed by atoms with Crippen molar-refractivity contribution in [3.8, 4) is 0 Å². The maximum atomic E-state index is 12.3. The molecule has 1 saturated heterocycles. The second kappa shape index (κ2) is 8.33. The van der Waals surface area contributed by atoms with Crippen molar-refractivity contribution in [3.63, 3.8) is 0 Å². The van der Waals surface area contributed by atoms with E-state index in [1.807, 2.05) is 0 Å². The van der Waals surface area contributed by atoms with Crippen molar-refractivity contribution in [2.45, 2.75) is 51.3 Å². The normalized spacial score (nSPS) is 18.2. The quantitative estimate of drug-likeness (QED) is 0.715. The van der Waals surface area contributed by atoms with Gasteiger partial charge in [-0.3, -0.25) is 14.5 Å². The highest BCUT2D eigenvalue weighted by atomic mass is 16.6. The molecule has 1 fully saturated rings. The fraction of sp³-hybridized carbons (Fsp3) is 0.688. The molecule has 0 unspecified atom stereocenters. The predicted molar refractivity (Wildman–Crippen MR) is 91.5 cm³/mol. The molecule has 27 heavy (non-hydrogen) atoms. The molecular formula is C16H25N5O6. The van der Waals surface area contributed by atoms with Crippen LogP contribution in [0.1, 0.15) is 56.2 Å². The minimum absolute atomic E-state index is 0.0825. The number of nitrogens with two attached hydrogens (primary N) is 1. The molecule has 0 radical (unpaired) electrons. The Balaban J connectivity index is 2.08. The number of methoxy groups -OCH3 is 1. The molecule has 0 bridgehead atoms. The zero-order chi connectivity index (χ0) is 20.2. The Morgan fingerprint density at radius 1 is 1.41 bits per heavy atom. The van der Waals surface area contributed by atoms with Gasteiger partial charge in [0.05, 0.1) is 6.61 Å². The van der Waals surface area contributed by atoms with Gasteiger partial charge in [0, 0.05) is 13.7 Å². The molecule has 11 nitrogen and oxygen atoms in total. The number of nitrogens with zero attached hydrogens (tertiary/aromatic N) is 3. The molecular weight excluding hydrogens is 358 g/mol. The maximum absolute atomic E-state index is 12.3. The lowest BCUT2D eigenvalue weighted by Crippen LogP contribution is -2.47. The number of nitrogens with one attached hydrogen (secondary N) is 1. The van der Waals surface area contributed by atoms with Crippen LogP contribution in [0, 0.1) is 0 Å². The third-order valence-electron chi connectivity index (χ3n) is 3.79. The average molecular weight is 383 g/mol. The summed E-state index contributed by atoms with van der Waals surface area (Å²) < 4.78 is 15.4. The molecule has 1 aromatic heterocycles. The Kier molecular flexibility index (Phi) is 6.37. The monoisotopic (exact) mass is 383 g/mol. The van der Waals surface area contributed by atoms with Gasteiger partial charge < -0.3 is 25.0 Å². The average Bonchev–Trinajstić information content (AvgIpc) is 3.21. The van der Waals surface area contributed by atoms with Crippen molar-refractivity contribution >= 4 is 17.9 Å². The highest BCUT2D eigenvalue weighted by Crippen LogP contribution is 2.32. The molecule has 2 atom stereocenters. The molecule has 1 aromatic rings. The van der Waals surface area contributed by atoms with Crippen molar-refractivity contribution in [2.24, 2.45) is 5.73 Å². The van der Waals surface area contributed by atoms with Crippen molar-refractivity contribution in [2.75, 3.05) is 20.3 Å². The van der Waals surface area contributed by atoms with Crippen molar-refractivity contribution in [1.82, 2.24) is 20.4 Å². The third kappa shape index (κ3) is 5.39. The molecule has 2 rings (SSSR count). The number of carbonyl (C=O) groups is 3. The zero-order valence-corrected chi connectivity index (χ0v) is 15.9. The van der Waals surface area contributed by atoms with Crippen LogP contribution in [0.25, 0.3) is 0 Å². The van der Waals surface area contributed by atoms with Crippen molar-refractivity contribution in [3.05, 3.63) is 11.7 Å². The minimum Gasteiger partial charge on any atom is -0.444 e. The molecule has 0 spiro atoms. The summed E-state index contributed by atoms with van der Waals surface area (Å²) in [5, 5.41) is 6.01. The lowest BCUT2D eigenvalue weighted by Gasteiger charge is -2.26. The topological polar surface area (TPSA) is 150 Å². The number of hydrogen-bond acceptors (Lipinski definition) is 8. The SMILES string of the molecule is COC[C@@H](NC(=O)c1noc([C@H]2CCCN2C(=O)OC(C)(C)C)n1)C(N)=O. The van der Waals surface area contributed by atoms with E-state index in [0.29, 0.717) is 13.0 Å². The van der Waals surface area contributed by atoms with Gasteiger partial charge in [0.15, 0.2) is 0 Å². The summed E-state index contributed by atoms with van der Waals surface area (Å²) in [6.07, 6.45) is 0.865. The summed E-state index contributed by atoms with van der Waals surface area (Å²) in [4.78, 5) is 41.4. The van der Waals surface area contributed by atoms with E-state index in [1.165, 1.54) is 12.0 Å². The van der Waals surface area contributed by atoms with Crippen molar-refractivity contribution < 1.29 is 28.4 Å². The first-order chi connectivity index (χ1) is 12.6. The smallest absolute Gasteiger partial charge is 0.410 e. The van der Waals surface area contributed by atoms with E-state index < -0.39 is 35.6 Å². The second-order valence-corrected chi connectivity index (χ2v) is 7.17. The molecule has 0 saturated carbocycles. The Hall–Kier alpha value is -2.69. The van der Waals surface area contributed by atoms with E-state index in [1.54, 1.807) is 20.8 Å². The summed E-state index contributed by atoms with van der Waals surface area (Å²) >= 11 is 0. The molecule has 2 heterocycles. The van der Waals surface area contributed by atoms with E-state index in [4.69, 9.17) is 19.7 Å². The Labute approximate surface area is 156 Å². The van der Waals surface area contributed by atoms with Crippen LogP contribution in [-0.2, 0) is 14.3 Å². The first kappa shape index (κ1) is 20.6. The van der Waals surface area contributed by atoms with Gasteiger partial charge in [0.25, 0.3) is 11.7 Å². The Morgan fingerprint density at radius 3 is 2.70 bits per heavy atom. The lowest BCUT2D eigenvalue weighted by molar-refractivity contribution is -0.121. The first-order valence-electron chi connectivity index (χ1n) is 8.54. The number of rotatable bonds is 6. The summed E-state index contributed by atoms with van der Waals surface area (Å²) in [6.45, 7) is 5.74. The Bertz CT molecular complexity index is 698. The van der Waals surface area contributed by atoms with Crippen LogP contribution in [-0.4, -0.2) is 64.9 Å². The summed E-state index contributed by atoms with van der Waals surface area (Å²) in [5.41, 5.74) is 4.57.